The summed E-state index contributed by atoms with van der Waals surface area (Å²) in [6, 6.07) is 3.53. The van der Waals surface area contributed by atoms with Gasteiger partial charge >= 0.3 is 0 Å². The number of ether oxygens (including phenoxy) is 1. The van der Waals surface area contributed by atoms with Crippen LogP contribution in [0, 0.1) is 17.3 Å². The van der Waals surface area contributed by atoms with E-state index in [0.29, 0.717) is 16.4 Å². The predicted molar refractivity (Wildman–Crippen MR) is 88.2 cm³/mol. The summed E-state index contributed by atoms with van der Waals surface area (Å²) < 4.78 is 5.97. The van der Waals surface area contributed by atoms with E-state index in [2.05, 4.69) is 35.9 Å². The highest BCUT2D eigenvalue weighted by molar-refractivity contribution is 6.29. The second kappa shape index (κ2) is 6.32. The molecule has 1 aromatic heterocycles. The zero-order chi connectivity index (χ0) is 15.7. The van der Waals surface area contributed by atoms with Crippen molar-refractivity contribution in [2.75, 3.05) is 19.6 Å². The molecule has 3 rings (SSSR count). The Hall–Kier alpha value is -0.870. The Morgan fingerprint density at radius 1 is 1.18 bits per heavy atom. The number of halogens is 1. The second-order valence-electron chi connectivity index (χ2n) is 8.00. The Morgan fingerprint density at radius 2 is 1.86 bits per heavy atom. The lowest BCUT2D eigenvalue weighted by Gasteiger charge is -2.24. The topological polar surface area (TPSA) is 38.2 Å². The van der Waals surface area contributed by atoms with Crippen molar-refractivity contribution in [1.82, 2.24) is 15.1 Å². The Morgan fingerprint density at radius 3 is 2.41 bits per heavy atom. The van der Waals surface area contributed by atoms with Gasteiger partial charge in [-0.3, -0.25) is 0 Å². The van der Waals surface area contributed by atoms with Crippen LogP contribution in [-0.2, 0) is 0 Å². The SMILES string of the molecule is CC(C)(C)CCN1C[C@H]2C[C@H](Oc3ccc(Cl)nn3)C[C@H]2C1. The number of aromatic nitrogens is 2. The molecule has 2 fully saturated rings. The minimum Gasteiger partial charge on any atom is -0.473 e. The van der Waals surface area contributed by atoms with Gasteiger partial charge in [-0.25, -0.2) is 0 Å². The molecule has 122 valence electrons. The van der Waals surface area contributed by atoms with Crippen molar-refractivity contribution < 1.29 is 4.74 Å². The molecule has 0 amide bonds. The molecule has 1 saturated heterocycles. The first-order valence-electron chi connectivity index (χ1n) is 8.27. The van der Waals surface area contributed by atoms with Gasteiger partial charge in [0.1, 0.15) is 6.10 Å². The lowest BCUT2D eigenvalue weighted by molar-refractivity contribution is 0.173. The van der Waals surface area contributed by atoms with Gasteiger partial charge in [-0.15, -0.1) is 10.2 Å². The van der Waals surface area contributed by atoms with E-state index in [1.54, 1.807) is 12.1 Å². The van der Waals surface area contributed by atoms with Crippen LogP contribution >= 0.6 is 11.6 Å². The van der Waals surface area contributed by atoms with E-state index in [4.69, 9.17) is 16.3 Å². The molecule has 5 heteroatoms. The molecule has 1 aliphatic heterocycles. The minimum absolute atomic E-state index is 0.287. The Kier molecular flexibility index (Phi) is 4.60. The first-order chi connectivity index (χ1) is 10.4. The van der Waals surface area contributed by atoms with Crippen LogP contribution in [0.2, 0.25) is 5.15 Å². The highest BCUT2D eigenvalue weighted by atomic mass is 35.5. The smallest absolute Gasteiger partial charge is 0.233 e. The summed E-state index contributed by atoms with van der Waals surface area (Å²) in [5, 5.41) is 8.23. The maximum absolute atomic E-state index is 5.97. The van der Waals surface area contributed by atoms with Crippen molar-refractivity contribution in [2.45, 2.75) is 46.1 Å². The fraction of sp³-hybridized carbons (Fsp3) is 0.765. The second-order valence-corrected chi connectivity index (χ2v) is 8.38. The molecule has 3 atom stereocenters. The number of hydrogen-bond acceptors (Lipinski definition) is 4. The van der Waals surface area contributed by atoms with Gasteiger partial charge in [0.25, 0.3) is 0 Å². The maximum Gasteiger partial charge on any atom is 0.233 e. The Balaban J connectivity index is 1.46. The zero-order valence-electron chi connectivity index (χ0n) is 13.8. The predicted octanol–water partition coefficient (Wildman–Crippen LogP) is 3.66. The number of nitrogens with zero attached hydrogens (tertiary/aromatic N) is 3. The molecule has 2 heterocycles. The normalized spacial score (nSPS) is 28.8. The maximum atomic E-state index is 5.97. The van der Waals surface area contributed by atoms with Crippen LogP contribution in [0.5, 0.6) is 5.88 Å². The summed E-state index contributed by atoms with van der Waals surface area (Å²) in [5.74, 6) is 2.16. The minimum atomic E-state index is 0.287. The van der Waals surface area contributed by atoms with Crippen molar-refractivity contribution in [3.8, 4) is 5.88 Å². The molecular formula is C17H26ClN3O. The molecule has 0 bridgehead atoms. The third-order valence-corrected chi connectivity index (χ3v) is 5.06. The van der Waals surface area contributed by atoms with E-state index >= 15 is 0 Å². The fourth-order valence-corrected chi connectivity index (χ4v) is 3.75. The number of hydrogen-bond donors (Lipinski definition) is 0. The van der Waals surface area contributed by atoms with E-state index in [1.165, 1.54) is 26.1 Å². The van der Waals surface area contributed by atoms with Gasteiger partial charge < -0.3 is 9.64 Å². The molecule has 4 nitrogen and oxygen atoms in total. The van der Waals surface area contributed by atoms with Crippen LogP contribution in [0.1, 0.15) is 40.0 Å². The van der Waals surface area contributed by atoms with E-state index in [0.717, 1.165) is 24.7 Å². The fourth-order valence-electron chi connectivity index (χ4n) is 3.65. The molecule has 1 saturated carbocycles. The number of fused-ring (bicyclic) bond motifs is 1. The van der Waals surface area contributed by atoms with Crippen molar-refractivity contribution >= 4 is 11.6 Å². The number of rotatable bonds is 4. The van der Waals surface area contributed by atoms with Crippen molar-refractivity contribution in [3.63, 3.8) is 0 Å². The molecule has 1 aromatic rings. The molecule has 1 aliphatic carbocycles. The first kappa shape index (κ1) is 16.0. The van der Waals surface area contributed by atoms with Gasteiger partial charge in [0.15, 0.2) is 5.15 Å². The average molecular weight is 324 g/mol. The van der Waals surface area contributed by atoms with Gasteiger partial charge in [-0.05, 0) is 49.1 Å². The molecular weight excluding hydrogens is 298 g/mol. The quantitative estimate of drug-likeness (QED) is 0.847. The lowest BCUT2D eigenvalue weighted by atomic mass is 9.92. The molecule has 0 N–H and O–H groups in total. The van der Waals surface area contributed by atoms with E-state index in [1.807, 2.05) is 0 Å². The molecule has 0 spiro atoms. The highest BCUT2D eigenvalue weighted by Crippen LogP contribution is 2.39. The third kappa shape index (κ3) is 4.11. The van der Waals surface area contributed by atoms with E-state index in [9.17, 15) is 0 Å². The standard InChI is InChI=1S/C17H26ClN3O/c1-17(2,3)6-7-21-10-12-8-14(9-13(12)11-21)22-16-5-4-15(18)19-20-16/h4-5,12-14H,6-11H2,1-3H3/t12-,13+,14+. The van der Waals surface area contributed by atoms with Gasteiger partial charge in [0, 0.05) is 19.2 Å². The van der Waals surface area contributed by atoms with Crippen LogP contribution in [-0.4, -0.2) is 40.8 Å². The van der Waals surface area contributed by atoms with Gasteiger partial charge in [-0.1, -0.05) is 32.4 Å². The molecule has 0 radical (unpaired) electrons. The molecule has 0 aromatic carbocycles. The van der Waals surface area contributed by atoms with Crippen LogP contribution in [0.25, 0.3) is 0 Å². The van der Waals surface area contributed by atoms with Crippen molar-refractivity contribution in [2.24, 2.45) is 17.3 Å². The highest BCUT2D eigenvalue weighted by Gasteiger charge is 2.41. The lowest BCUT2D eigenvalue weighted by Crippen LogP contribution is -2.28. The first-order valence-corrected chi connectivity index (χ1v) is 8.65. The average Bonchev–Trinajstić information content (AvgIpc) is 2.96. The summed E-state index contributed by atoms with van der Waals surface area (Å²) in [7, 11) is 0. The van der Waals surface area contributed by atoms with Gasteiger partial charge in [0.05, 0.1) is 0 Å². The van der Waals surface area contributed by atoms with Crippen LogP contribution < -0.4 is 4.74 Å². The zero-order valence-corrected chi connectivity index (χ0v) is 14.5. The third-order valence-electron chi connectivity index (χ3n) is 4.86. The van der Waals surface area contributed by atoms with Crippen molar-refractivity contribution in [1.29, 1.82) is 0 Å². The van der Waals surface area contributed by atoms with Gasteiger partial charge in [-0.2, -0.15) is 0 Å². The molecule has 2 aliphatic rings. The van der Waals surface area contributed by atoms with Crippen LogP contribution in [0.15, 0.2) is 12.1 Å². The molecule has 22 heavy (non-hydrogen) atoms. The monoisotopic (exact) mass is 323 g/mol. The van der Waals surface area contributed by atoms with Crippen LogP contribution in [0.4, 0.5) is 0 Å². The summed E-state index contributed by atoms with van der Waals surface area (Å²) in [6.45, 7) is 10.6. The van der Waals surface area contributed by atoms with Crippen LogP contribution in [0.3, 0.4) is 0 Å². The summed E-state index contributed by atoms with van der Waals surface area (Å²) >= 11 is 5.75. The largest absolute Gasteiger partial charge is 0.473 e. The Labute approximate surface area is 138 Å². The van der Waals surface area contributed by atoms with E-state index < -0.39 is 0 Å². The Bertz CT molecular complexity index is 486. The van der Waals surface area contributed by atoms with Gasteiger partial charge in [0.2, 0.25) is 5.88 Å². The number of likely N-dealkylation sites (tertiary alicyclic amines) is 1. The summed E-state index contributed by atoms with van der Waals surface area (Å²) in [4.78, 5) is 2.64. The van der Waals surface area contributed by atoms with Crippen molar-refractivity contribution in [3.05, 3.63) is 17.3 Å². The summed E-state index contributed by atoms with van der Waals surface area (Å²) in [6.07, 6.45) is 3.84. The molecule has 0 unspecified atom stereocenters. The summed E-state index contributed by atoms with van der Waals surface area (Å²) in [5.41, 5.74) is 0.427. The van der Waals surface area contributed by atoms with E-state index in [-0.39, 0.29) is 6.10 Å².